The second-order valence-corrected chi connectivity index (χ2v) is 6.28. The molecule has 10 heteroatoms. The SMILES string of the molecule is CC(c1nc(N)nc(N(C)C)n1)n1nnc(-c2ccc(Br)cc2)n1. The number of anilines is 2. The molecule has 1 atom stereocenters. The predicted molar refractivity (Wildman–Crippen MR) is 93.3 cm³/mol. The zero-order chi connectivity index (χ0) is 17.3. The van der Waals surface area contributed by atoms with Crippen LogP contribution in [0.4, 0.5) is 11.9 Å². The van der Waals surface area contributed by atoms with E-state index in [4.69, 9.17) is 5.73 Å². The maximum absolute atomic E-state index is 5.76. The van der Waals surface area contributed by atoms with E-state index >= 15 is 0 Å². The van der Waals surface area contributed by atoms with Crippen molar-refractivity contribution in [1.29, 1.82) is 0 Å². The van der Waals surface area contributed by atoms with Gasteiger partial charge >= 0.3 is 0 Å². The fourth-order valence-corrected chi connectivity index (χ4v) is 2.26. The van der Waals surface area contributed by atoms with E-state index in [2.05, 4.69) is 46.3 Å². The molecule has 0 aliphatic heterocycles. The summed E-state index contributed by atoms with van der Waals surface area (Å²) in [5.41, 5.74) is 6.64. The lowest BCUT2D eigenvalue weighted by molar-refractivity contribution is 0.461. The van der Waals surface area contributed by atoms with Gasteiger partial charge in [-0.3, -0.25) is 0 Å². The number of nitrogens with two attached hydrogens (primary N) is 1. The Morgan fingerprint density at radius 2 is 1.83 bits per heavy atom. The molecule has 3 aromatic rings. The van der Waals surface area contributed by atoms with Crippen molar-refractivity contribution in [3.63, 3.8) is 0 Å². The monoisotopic (exact) mass is 389 g/mol. The van der Waals surface area contributed by atoms with E-state index in [0.29, 0.717) is 17.6 Å². The summed E-state index contributed by atoms with van der Waals surface area (Å²) in [6, 6.07) is 7.36. The Bertz CT molecular complexity index is 844. The van der Waals surface area contributed by atoms with Crippen LogP contribution in [0.5, 0.6) is 0 Å². The van der Waals surface area contributed by atoms with Gasteiger partial charge in [-0.2, -0.15) is 19.7 Å². The van der Waals surface area contributed by atoms with Crippen LogP contribution in [0.1, 0.15) is 18.8 Å². The average Bonchev–Trinajstić information content (AvgIpc) is 3.04. The first-order chi connectivity index (χ1) is 11.4. The Hall–Kier alpha value is -2.62. The molecule has 0 saturated heterocycles. The first-order valence-electron chi connectivity index (χ1n) is 7.18. The highest BCUT2D eigenvalue weighted by Crippen LogP contribution is 2.20. The molecule has 2 heterocycles. The summed E-state index contributed by atoms with van der Waals surface area (Å²) < 4.78 is 0.990. The Kier molecular flexibility index (Phi) is 4.38. The lowest BCUT2D eigenvalue weighted by Crippen LogP contribution is -2.20. The third-order valence-electron chi connectivity index (χ3n) is 3.31. The van der Waals surface area contributed by atoms with Crippen molar-refractivity contribution in [2.45, 2.75) is 13.0 Å². The van der Waals surface area contributed by atoms with E-state index in [1.165, 1.54) is 4.80 Å². The van der Waals surface area contributed by atoms with Gasteiger partial charge in [0.1, 0.15) is 6.04 Å². The minimum absolute atomic E-state index is 0.156. The van der Waals surface area contributed by atoms with E-state index in [1.807, 2.05) is 45.3 Å². The third kappa shape index (κ3) is 3.32. The summed E-state index contributed by atoms with van der Waals surface area (Å²) in [5, 5.41) is 12.6. The van der Waals surface area contributed by atoms with E-state index < -0.39 is 0 Å². The molecule has 1 aromatic carbocycles. The zero-order valence-electron chi connectivity index (χ0n) is 13.4. The summed E-state index contributed by atoms with van der Waals surface area (Å²) >= 11 is 3.40. The molecule has 0 aliphatic rings. The molecule has 9 nitrogen and oxygen atoms in total. The van der Waals surface area contributed by atoms with Gasteiger partial charge in [0.05, 0.1) is 0 Å². The molecule has 124 valence electrons. The van der Waals surface area contributed by atoms with Crippen molar-refractivity contribution in [3.8, 4) is 11.4 Å². The lowest BCUT2D eigenvalue weighted by Gasteiger charge is -2.14. The highest BCUT2D eigenvalue weighted by Gasteiger charge is 2.18. The molecule has 0 saturated carbocycles. The van der Waals surface area contributed by atoms with Crippen LogP contribution >= 0.6 is 15.9 Å². The van der Waals surface area contributed by atoms with Crippen LogP contribution in [0.3, 0.4) is 0 Å². The Morgan fingerprint density at radius 1 is 1.12 bits per heavy atom. The fourth-order valence-electron chi connectivity index (χ4n) is 1.99. The number of hydrogen-bond acceptors (Lipinski definition) is 8. The van der Waals surface area contributed by atoms with Gasteiger partial charge in [0.25, 0.3) is 0 Å². The van der Waals surface area contributed by atoms with Crippen molar-refractivity contribution in [2.24, 2.45) is 0 Å². The molecule has 3 rings (SSSR count). The van der Waals surface area contributed by atoms with Gasteiger partial charge in [0.15, 0.2) is 5.82 Å². The summed E-state index contributed by atoms with van der Waals surface area (Å²) in [7, 11) is 3.67. The van der Waals surface area contributed by atoms with Gasteiger partial charge in [-0.05, 0) is 36.4 Å². The Morgan fingerprint density at radius 3 is 2.50 bits per heavy atom. The van der Waals surface area contributed by atoms with Crippen molar-refractivity contribution in [1.82, 2.24) is 35.2 Å². The molecule has 2 aromatic heterocycles. The van der Waals surface area contributed by atoms with Crippen LogP contribution in [0.15, 0.2) is 28.7 Å². The molecule has 0 bridgehead atoms. The third-order valence-corrected chi connectivity index (χ3v) is 3.84. The van der Waals surface area contributed by atoms with E-state index in [9.17, 15) is 0 Å². The van der Waals surface area contributed by atoms with Gasteiger partial charge in [-0.25, -0.2) is 0 Å². The fraction of sp³-hybridized carbons (Fsp3) is 0.286. The summed E-state index contributed by atoms with van der Waals surface area (Å²) in [4.78, 5) is 15.9. The van der Waals surface area contributed by atoms with Gasteiger partial charge in [-0.15, -0.1) is 10.2 Å². The van der Waals surface area contributed by atoms with E-state index in [-0.39, 0.29) is 12.0 Å². The molecule has 0 aliphatic carbocycles. The average molecular weight is 390 g/mol. The van der Waals surface area contributed by atoms with E-state index in [1.54, 1.807) is 4.90 Å². The second-order valence-electron chi connectivity index (χ2n) is 5.36. The van der Waals surface area contributed by atoms with Crippen molar-refractivity contribution in [2.75, 3.05) is 24.7 Å². The number of nitrogen functional groups attached to an aromatic ring is 1. The maximum atomic E-state index is 5.76. The van der Waals surface area contributed by atoms with Crippen LogP contribution in [-0.4, -0.2) is 49.3 Å². The Labute approximate surface area is 147 Å². The summed E-state index contributed by atoms with van der Waals surface area (Å²) in [6.07, 6.45) is 0. The zero-order valence-corrected chi connectivity index (χ0v) is 15.0. The van der Waals surface area contributed by atoms with Crippen molar-refractivity contribution < 1.29 is 0 Å². The normalized spacial score (nSPS) is 12.2. The number of halogens is 1. The predicted octanol–water partition coefficient (Wildman–Crippen LogP) is 1.55. The van der Waals surface area contributed by atoms with Crippen LogP contribution in [-0.2, 0) is 0 Å². The number of tetrazole rings is 1. The van der Waals surface area contributed by atoms with Crippen molar-refractivity contribution in [3.05, 3.63) is 34.6 Å². The number of hydrogen-bond donors (Lipinski definition) is 1. The largest absolute Gasteiger partial charge is 0.368 e. The summed E-state index contributed by atoms with van der Waals surface area (Å²) in [5.74, 6) is 1.65. The molecule has 1 unspecified atom stereocenters. The first-order valence-corrected chi connectivity index (χ1v) is 7.97. The maximum Gasteiger partial charge on any atom is 0.229 e. The van der Waals surface area contributed by atoms with Crippen LogP contribution < -0.4 is 10.6 Å². The smallest absolute Gasteiger partial charge is 0.229 e. The number of rotatable bonds is 4. The minimum Gasteiger partial charge on any atom is -0.368 e. The number of aromatic nitrogens is 7. The molecular formula is C14H16BrN9. The molecule has 0 spiro atoms. The molecule has 0 radical (unpaired) electrons. The molecule has 2 N–H and O–H groups in total. The highest BCUT2D eigenvalue weighted by molar-refractivity contribution is 9.10. The van der Waals surface area contributed by atoms with Crippen LogP contribution in [0, 0.1) is 0 Å². The topological polar surface area (TPSA) is 112 Å². The molecule has 24 heavy (non-hydrogen) atoms. The van der Waals surface area contributed by atoms with Gasteiger partial charge in [0.2, 0.25) is 17.7 Å². The Balaban J connectivity index is 1.91. The van der Waals surface area contributed by atoms with Crippen LogP contribution in [0.2, 0.25) is 0 Å². The van der Waals surface area contributed by atoms with Crippen LogP contribution in [0.25, 0.3) is 11.4 Å². The minimum atomic E-state index is -0.328. The number of nitrogens with zero attached hydrogens (tertiary/aromatic N) is 8. The lowest BCUT2D eigenvalue weighted by atomic mass is 10.2. The quantitative estimate of drug-likeness (QED) is 0.714. The van der Waals surface area contributed by atoms with Gasteiger partial charge in [0, 0.05) is 24.1 Å². The molecular weight excluding hydrogens is 374 g/mol. The van der Waals surface area contributed by atoms with Gasteiger partial charge in [-0.1, -0.05) is 15.9 Å². The van der Waals surface area contributed by atoms with E-state index in [0.717, 1.165) is 10.0 Å². The summed E-state index contributed by atoms with van der Waals surface area (Å²) in [6.45, 7) is 1.88. The molecule has 0 amide bonds. The van der Waals surface area contributed by atoms with Gasteiger partial charge < -0.3 is 10.6 Å². The second kappa shape index (κ2) is 6.48. The van der Waals surface area contributed by atoms with Crippen molar-refractivity contribution >= 4 is 27.8 Å². The first kappa shape index (κ1) is 16.2. The number of benzene rings is 1. The molecule has 0 fully saturated rings. The highest BCUT2D eigenvalue weighted by atomic mass is 79.9. The standard InChI is InChI=1S/C14H16BrN9/c1-8(11-17-13(16)19-14(18-11)23(2)3)24-21-12(20-22-24)9-4-6-10(15)7-5-9/h4-8H,1-3H3,(H2,16,17,18,19).